The summed E-state index contributed by atoms with van der Waals surface area (Å²) in [6, 6.07) is 24.0. The Morgan fingerprint density at radius 2 is 1.47 bits per heavy atom. The predicted molar refractivity (Wildman–Crippen MR) is 120 cm³/mol. The van der Waals surface area contributed by atoms with Gasteiger partial charge in [-0.2, -0.15) is 0 Å². The van der Waals surface area contributed by atoms with E-state index in [1.165, 1.54) is 5.56 Å². The number of ether oxygens (including phenoxy) is 3. The van der Waals surface area contributed by atoms with Crippen LogP contribution in [0.4, 0.5) is 0 Å². The Morgan fingerprint density at radius 3 is 2.11 bits per heavy atom. The molecular formula is C26H26ClNO8. The van der Waals surface area contributed by atoms with Gasteiger partial charge in [-0.25, -0.2) is 23.6 Å². The van der Waals surface area contributed by atoms with Gasteiger partial charge in [-0.1, -0.05) is 30.3 Å². The van der Waals surface area contributed by atoms with Crippen molar-refractivity contribution in [3.63, 3.8) is 0 Å². The largest absolute Gasteiger partial charge is 0.497 e. The molecule has 0 amide bonds. The quantitative estimate of drug-likeness (QED) is 0.316. The lowest BCUT2D eigenvalue weighted by Gasteiger charge is -2.17. The second-order valence-electron chi connectivity index (χ2n) is 7.50. The summed E-state index contributed by atoms with van der Waals surface area (Å²) in [6.45, 7) is 0.797. The van der Waals surface area contributed by atoms with Crippen molar-refractivity contribution in [2.75, 3.05) is 27.9 Å². The lowest BCUT2D eigenvalue weighted by molar-refractivity contribution is -2.00. The third-order valence-corrected chi connectivity index (χ3v) is 5.21. The number of fused-ring (bicyclic) bond motifs is 1. The standard InChI is InChI=1S/C26H25NO4.ClHO4/c1-28-20-10-12-23-21(16-20)22(27-14-13-18-7-5-4-6-8-18)17-25(31-23)19-9-11-24(29-2)26(15-19)30-3;2-1(3,4)5/h4-12,15-17H,13-14H2,1-3H3;(H,2,3,4,5). The van der Waals surface area contributed by atoms with Crippen LogP contribution in [-0.2, 0) is 6.42 Å². The molecular weight excluding hydrogens is 490 g/mol. The molecule has 0 fully saturated rings. The fourth-order valence-electron chi connectivity index (χ4n) is 3.56. The Bertz CT molecular complexity index is 1340. The van der Waals surface area contributed by atoms with Crippen LogP contribution in [0.5, 0.6) is 17.2 Å². The zero-order chi connectivity index (χ0) is 26.1. The lowest BCUT2D eigenvalue weighted by atomic mass is 10.1. The molecule has 0 aliphatic heterocycles. The molecule has 190 valence electrons. The van der Waals surface area contributed by atoms with Crippen molar-refractivity contribution in [3.8, 4) is 28.6 Å². The normalized spacial score (nSPS) is 11.6. The summed E-state index contributed by atoms with van der Waals surface area (Å²) in [7, 11) is -0.0269. The summed E-state index contributed by atoms with van der Waals surface area (Å²) >= 11 is 0. The van der Waals surface area contributed by atoms with E-state index in [0.717, 1.165) is 46.4 Å². The summed E-state index contributed by atoms with van der Waals surface area (Å²) in [5.41, 5.74) is 2.97. The number of methoxy groups -OCH3 is 3. The Kier molecular flexibility index (Phi) is 9.29. The molecule has 4 aromatic rings. The molecule has 0 aliphatic carbocycles. The maximum absolute atomic E-state index is 8.49. The molecule has 10 heteroatoms. The van der Waals surface area contributed by atoms with Crippen LogP contribution < -0.4 is 43.2 Å². The summed E-state index contributed by atoms with van der Waals surface area (Å²) < 4.78 is 56.4. The van der Waals surface area contributed by atoms with E-state index in [1.54, 1.807) is 21.3 Å². The molecule has 0 aliphatic rings. The molecule has 36 heavy (non-hydrogen) atoms. The molecule has 0 bridgehead atoms. The molecule has 0 unspecified atom stereocenters. The molecule has 0 atom stereocenters. The van der Waals surface area contributed by atoms with Gasteiger partial charge in [-0.05, 0) is 42.0 Å². The summed E-state index contributed by atoms with van der Waals surface area (Å²) in [5.74, 6) is 2.86. The zero-order valence-corrected chi connectivity index (χ0v) is 20.7. The minimum Gasteiger partial charge on any atom is -0.497 e. The number of benzene rings is 3. The second-order valence-corrected chi connectivity index (χ2v) is 8.25. The molecule has 4 rings (SSSR count). The number of halogens is 1. The van der Waals surface area contributed by atoms with Gasteiger partial charge < -0.3 is 18.6 Å². The summed E-state index contributed by atoms with van der Waals surface area (Å²) in [5, 5.41) is 1.96. The first-order chi connectivity index (χ1) is 17.2. The molecule has 1 heterocycles. The summed E-state index contributed by atoms with van der Waals surface area (Å²) in [6.07, 6.45) is 0.921. The van der Waals surface area contributed by atoms with Crippen molar-refractivity contribution < 1.29 is 52.5 Å². The smallest absolute Gasteiger partial charge is 0.213 e. The predicted octanol–water partition coefficient (Wildman–Crippen LogP) is -1.41. The fraction of sp³-hybridized carbons (Fsp3) is 0.192. The molecule has 0 spiro atoms. The van der Waals surface area contributed by atoms with Gasteiger partial charge in [0.2, 0.25) is 5.36 Å². The number of hydrogen-bond acceptors (Lipinski definition) is 8. The third-order valence-electron chi connectivity index (χ3n) is 5.21. The summed E-state index contributed by atoms with van der Waals surface area (Å²) in [4.78, 5) is 3.58. The van der Waals surface area contributed by atoms with E-state index in [1.807, 2.05) is 48.5 Å². The van der Waals surface area contributed by atoms with Crippen molar-refractivity contribution in [3.05, 3.63) is 83.7 Å². The Labute approximate surface area is 210 Å². The number of nitrogens with one attached hydrogen (secondary N) is 1. The van der Waals surface area contributed by atoms with Crippen LogP contribution in [0.25, 0.3) is 22.3 Å². The van der Waals surface area contributed by atoms with Crippen LogP contribution in [-0.4, -0.2) is 27.9 Å². The zero-order valence-electron chi connectivity index (χ0n) is 20.0. The van der Waals surface area contributed by atoms with Gasteiger partial charge in [0.1, 0.15) is 23.6 Å². The fourth-order valence-corrected chi connectivity index (χ4v) is 3.56. The molecule has 0 saturated carbocycles. The lowest BCUT2D eigenvalue weighted by Crippen LogP contribution is -2.77. The minimum atomic E-state index is -4.94. The third kappa shape index (κ3) is 7.70. The van der Waals surface area contributed by atoms with Crippen molar-refractivity contribution in [1.82, 2.24) is 0 Å². The number of hydrogen-bond donors (Lipinski definition) is 1. The molecule has 0 saturated heterocycles. The van der Waals surface area contributed by atoms with Gasteiger partial charge >= 0.3 is 0 Å². The van der Waals surface area contributed by atoms with Crippen LogP contribution in [0.1, 0.15) is 5.56 Å². The molecule has 0 radical (unpaired) electrons. The molecule has 1 N–H and O–H groups in total. The van der Waals surface area contributed by atoms with Gasteiger partial charge in [0.05, 0.1) is 32.8 Å². The highest BCUT2D eigenvalue weighted by Crippen LogP contribution is 2.33. The van der Waals surface area contributed by atoms with Crippen molar-refractivity contribution in [2.45, 2.75) is 6.42 Å². The SMILES string of the molecule is COc1ccc2oc(-c3ccc(OC)c(OC)c3)cc(=[NH+]CCc3ccccc3)c2c1.[O-][Cl+3]([O-])([O-])[O-]. The van der Waals surface area contributed by atoms with E-state index in [9.17, 15) is 0 Å². The Hall–Kier alpha value is -3.60. The number of rotatable bonds is 7. The van der Waals surface area contributed by atoms with Crippen LogP contribution in [0, 0.1) is 10.2 Å². The molecule has 1 aromatic heterocycles. The van der Waals surface area contributed by atoms with Gasteiger partial charge in [0.15, 0.2) is 11.5 Å². The Balaban J connectivity index is 0.000000658. The van der Waals surface area contributed by atoms with Gasteiger partial charge in [-0.3, -0.25) is 0 Å². The van der Waals surface area contributed by atoms with E-state index in [0.29, 0.717) is 11.5 Å². The van der Waals surface area contributed by atoms with Crippen LogP contribution in [0.15, 0.2) is 77.2 Å². The topological polar surface area (TPSA) is 147 Å². The first kappa shape index (κ1) is 27.0. The van der Waals surface area contributed by atoms with Gasteiger partial charge in [0, 0.05) is 12.0 Å². The molecule has 9 nitrogen and oxygen atoms in total. The van der Waals surface area contributed by atoms with Crippen molar-refractivity contribution in [1.29, 1.82) is 0 Å². The van der Waals surface area contributed by atoms with Crippen molar-refractivity contribution >= 4 is 11.0 Å². The van der Waals surface area contributed by atoms with E-state index >= 15 is 0 Å². The first-order valence-corrected chi connectivity index (χ1v) is 12.0. The van der Waals surface area contributed by atoms with E-state index in [-0.39, 0.29) is 0 Å². The van der Waals surface area contributed by atoms with Crippen LogP contribution in [0.3, 0.4) is 0 Å². The van der Waals surface area contributed by atoms with Gasteiger partial charge in [0.25, 0.3) is 0 Å². The van der Waals surface area contributed by atoms with Gasteiger partial charge in [-0.15, -0.1) is 10.2 Å². The average Bonchev–Trinajstić information content (AvgIpc) is 2.87. The highest BCUT2D eigenvalue weighted by molar-refractivity contribution is 5.79. The highest BCUT2D eigenvalue weighted by Gasteiger charge is 2.13. The van der Waals surface area contributed by atoms with Crippen LogP contribution in [0.2, 0.25) is 0 Å². The maximum atomic E-state index is 8.49. The highest BCUT2D eigenvalue weighted by atomic mass is 35.7. The maximum Gasteiger partial charge on any atom is 0.213 e. The monoisotopic (exact) mass is 515 g/mol. The second kappa shape index (κ2) is 12.4. The minimum absolute atomic E-state index is 0.656. The first-order valence-electron chi connectivity index (χ1n) is 10.8. The Morgan fingerprint density at radius 1 is 0.778 bits per heavy atom. The van der Waals surface area contributed by atoms with E-state index < -0.39 is 10.2 Å². The van der Waals surface area contributed by atoms with E-state index in [2.05, 4.69) is 29.3 Å². The van der Waals surface area contributed by atoms with Crippen molar-refractivity contribution in [2.24, 2.45) is 0 Å². The average molecular weight is 516 g/mol. The molecule has 3 aromatic carbocycles. The van der Waals surface area contributed by atoms with Crippen LogP contribution >= 0.6 is 0 Å². The van der Waals surface area contributed by atoms with E-state index in [4.69, 9.17) is 37.3 Å².